The number of carbonyl (C=O) groups excluding carboxylic acids is 1. The highest BCUT2D eigenvalue weighted by Gasteiger charge is 2.37. The van der Waals surface area contributed by atoms with E-state index in [1.54, 1.807) is 0 Å². The summed E-state index contributed by atoms with van der Waals surface area (Å²) in [4.78, 5) is 14.8. The van der Waals surface area contributed by atoms with Gasteiger partial charge >= 0.3 is 12.3 Å². The summed E-state index contributed by atoms with van der Waals surface area (Å²) in [6, 6.07) is 3.38. The topological polar surface area (TPSA) is 126 Å². The van der Waals surface area contributed by atoms with Gasteiger partial charge in [0.1, 0.15) is 0 Å². The number of ether oxygens (including phenoxy) is 1. The van der Waals surface area contributed by atoms with E-state index in [0.717, 1.165) is 45.3 Å². The number of rotatable bonds is 5. The van der Waals surface area contributed by atoms with Gasteiger partial charge in [-0.15, -0.1) is 0 Å². The summed E-state index contributed by atoms with van der Waals surface area (Å²) in [5.41, 5.74) is -0.952. The zero-order valence-electron chi connectivity index (χ0n) is 17.3. The van der Waals surface area contributed by atoms with Crippen LogP contribution in [-0.4, -0.2) is 69.8 Å². The molecule has 1 fully saturated rings. The van der Waals surface area contributed by atoms with Crippen LogP contribution in [0, 0.1) is 6.92 Å². The number of nitrogens with one attached hydrogen (secondary N) is 1. The molecule has 0 saturated carbocycles. The second kappa shape index (κ2) is 9.17. The lowest BCUT2D eigenvalue weighted by atomic mass is 10.2. The van der Waals surface area contributed by atoms with E-state index in [1.165, 1.54) is 6.92 Å². The highest BCUT2D eigenvalue weighted by Crippen LogP contribution is 2.33. The van der Waals surface area contributed by atoms with Gasteiger partial charge in [0.2, 0.25) is 10.0 Å². The molecule has 1 N–H and O–H groups in total. The van der Waals surface area contributed by atoms with Gasteiger partial charge in [0.15, 0.2) is 9.34 Å². The fourth-order valence-corrected chi connectivity index (χ4v) is 7.49. The molecule has 33 heavy (non-hydrogen) atoms. The van der Waals surface area contributed by atoms with E-state index < -0.39 is 42.8 Å². The van der Waals surface area contributed by atoms with Crippen molar-refractivity contribution < 1.29 is 39.5 Å². The number of carbonyl (C=O) groups is 1. The molecule has 1 amide bonds. The van der Waals surface area contributed by atoms with Crippen molar-refractivity contribution in [3.05, 3.63) is 35.5 Å². The van der Waals surface area contributed by atoms with E-state index in [-0.39, 0.29) is 41.2 Å². The standard InChI is InChI=1S/C17H19F3N4O6S3/c1-11-14(31-15(21-11)22-16(25)30-2)33(28,29)24-8-6-23(7-9-24)32(26,27)13-5-3-4-12(10-13)17(18,19)20/h3-5,10H,6-9H2,1-2H3,(H,21,22,25). The Morgan fingerprint density at radius 2 is 1.67 bits per heavy atom. The smallest absolute Gasteiger partial charge is 0.416 e. The van der Waals surface area contributed by atoms with Crippen LogP contribution in [0.4, 0.5) is 23.1 Å². The van der Waals surface area contributed by atoms with Crippen LogP contribution in [0.5, 0.6) is 0 Å². The summed E-state index contributed by atoms with van der Waals surface area (Å²) in [7, 11) is -7.17. The summed E-state index contributed by atoms with van der Waals surface area (Å²) >= 11 is 0.720. The summed E-state index contributed by atoms with van der Waals surface area (Å²) in [6.45, 7) is 0.529. The lowest BCUT2D eigenvalue weighted by Gasteiger charge is -2.33. The molecule has 10 nitrogen and oxygen atoms in total. The first-order chi connectivity index (χ1) is 15.3. The van der Waals surface area contributed by atoms with Crippen LogP contribution in [0.1, 0.15) is 11.3 Å². The van der Waals surface area contributed by atoms with Crippen molar-refractivity contribution >= 4 is 42.6 Å². The minimum absolute atomic E-state index is 0.0173. The molecule has 1 aromatic carbocycles. The van der Waals surface area contributed by atoms with Crippen molar-refractivity contribution in [1.29, 1.82) is 0 Å². The average Bonchev–Trinajstić information content (AvgIpc) is 3.14. The number of halogens is 3. The van der Waals surface area contributed by atoms with Crippen LogP contribution in [0.25, 0.3) is 0 Å². The number of aryl methyl sites for hydroxylation is 1. The number of methoxy groups -OCH3 is 1. The Balaban J connectivity index is 1.76. The molecule has 16 heteroatoms. The molecule has 1 aliphatic rings. The maximum Gasteiger partial charge on any atom is 0.416 e. The number of aromatic nitrogens is 1. The molecule has 2 aromatic rings. The molecule has 1 aromatic heterocycles. The molecule has 0 unspecified atom stereocenters. The summed E-state index contributed by atoms with van der Waals surface area (Å²) < 4.78 is 96.8. The van der Waals surface area contributed by atoms with E-state index in [0.29, 0.717) is 6.07 Å². The Bertz CT molecular complexity index is 1250. The zero-order chi connectivity index (χ0) is 24.6. The Labute approximate surface area is 192 Å². The molecule has 182 valence electrons. The summed E-state index contributed by atoms with van der Waals surface area (Å²) in [6.07, 6.45) is -5.52. The van der Waals surface area contributed by atoms with E-state index in [1.807, 2.05) is 0 Å². The van der Waals surface area contributed by atoms with Crippen LogP contribution in [0.3, 0.4) is 0 Å². The predicted octanol–water partition coefficient (Wildman–Crippen LogP) is 2.34. The van der Waals surface area contributed by atoms with E-state index >= 15 is 0 Å². The second-order valence-corrected chi connectivity index (χ2v) is 11.9. The number of alkyl halides is 3. The van der Waals surface area contributed by atoms with E-state index in [4.69, 9.17) is 0 Å². The molecular weight excluding hydrogens is 509 g/mol. The van der Waals surface area contributed by atoms with Crippen molar-refractivity contribution in [2.45, 2.75) is 22.2 Å². The Hall–Kier alpha value is -2.27. The van der Waals surface area contributed by atoms with Crippen molar-refractivity contribution in [3.63, 3.8) is 0 Å². The van der Waals surface area contributed by atoms with Gasteiger partial charge in [-0.25, -0.2) is 26.6 Å². The first-order valence-electron chi connectivity index (χ1n) is 9.27. The maximum absolute atomic E-state index is 13.0. The lowest BCUT2D eigenvalue weighted by molar-refractivity contribution is -0.137. The molecular formula is C17H19F3N4O6S3. The van der Waals surface area contributed by atoms with Crippen LogP contribution < -0.4 is 5.32 Å². The molecule has 1 aliphatic heterocycles. The molecule has 0 bridgehead atoms. The molecule has 0 spiro atoms. The number of sulfonamides is 2. The number of benzene rings is 1. The quantitative estimate of drug-likeness (QED) is 0.631. The number of amides is 1. The van der Waals surface area contributed by atoms with Crippen LogP contribution >= 0.6 is 11.3 Å². The minimum Gasteiger partial charge on any atom is -0.453 e. The number of piperazine rings is 1. The molecule has 0 atom stereocenters. The number of nitrogens with zero attached hydrogens (tertiary/aromatic N) is 3. The van der Waals surface area contributed by atoms with Crippen molar-refractivity contribution in [3.8, 4) is 0 Å². The first kappa shape index (κ1) is 25.4. The van der Waals surface area contributed by atoms with Gasteiger partial charge in [0, 0.05) is 26.2 Å². The molecule has 3 rings (SSSR count). The number of hydrogen-bond donors (Lipinski definition) is 1. The van der Waals surface area contributed by atoms with E-state index in [9.17, 15) is 34.8 Å². The second-order valence-electron chi connectivity index (χ2n) is 6.84. The fourth-order valence-electron chi connectivity index (χ4n) is 3.06. The monoisotopic (exact) mass is 528 g/mol. The van der Waals surface area contributed by atoms with Gasteiger partial charge in [0.05, 0.1) is 23.3 Å². The third-order valence-electron chi connectivity index (χ3n) is 4.72. The Kier molecular flexibility index (Phi) is 7.05. The molecule has 0 radical (unpaired) electrons. The number of thiazole rings is 1. The largest absolute Gasteiger partial charge is 0.453 e. The summed E-state index contributed by atoms with van der Waals surface area (Å²) in [5, 5.41) is 2.30. The number of anilines is 1. The van der Waals surface area contributed by atoms with Crippen molar-refractivity contribution in [2.24, 2.45) is 0 Å². The van der Waals surface area contributed by atoms with Crippen molar-refractivity contribution in [1.82, 2.24) is 13.6 Å². The van der Waals surface area contributed by atoms with Gasteiger partial charge in [-0.05, 0) is 25.1 Å². The fraction of sp³-hybridized carbons (Fsp3) is 0.412. The highest BCUT2D eigenvalue weighted by molar-refractivity contribution is 7.91. The highest BCUT2D eigenvalue weighted by atomic mass is 32.2. The van der Waals surface area contributed by atoms with Crippen LogP contribution in [-0.2, 0) is 31.0 Å². The van der Waals surface area contributed by atoms with Gasteiger partial charge in [-0.2, -0.15) is 21.8 Å². The van der Waals surface area contributed by atoms with Gasteiger partial charge in [-0.3, -0.25) is 5.32 Å². The lowest BCUT2D eigenvalue weighted by Crippen LogP contribution is -2.50. The third kappa shape index (κ3) is 5.29. The van der Waals surface area contributed by atoms with Crippen LogP contribution in [0.2, 0.25) is 0 Å². The normalized spacial score (nSPS) is 16.5. The number of hydrogen-bond acceptors (Lipinski definition) is 8. The van der Waals surface area contributed by atoms with Gasteiger partial charge in [0.25, 0.3) is 10.0 Å². The SMILES string of the molecule is COC(=O)Nc1nc(C)c(S(=O)(=O)N2CCN(S(=O)(=O)c3cccc(C(F)(F)F)c3)CC2)s1. The minimum atomic E-state index is -4.70. The third-order valence-corrected chi connectivity index (χ3v) is 10.2. The molecule has 1 saturated heterocycles. The van der Waals surface area contributed by atoms with Crippen molar-refractivity contribution in [2.75, 3.05) is 38.6 Å². The molecule has 2 heterocycles. The Morgan fingerprint density at radius 3 is 2.21 bits per heavy atom. The van der Waals surface area contributed by atoms with Crippen LogP contribution in [0.15, 0.2) is 33.4 Å². The summed E-state index contributed by atoms with van der Waals surface area (Å²) in [5.74, 6) is 0. The van der Waals surface area contributed by atoms with Gasteiger partial charge in [-0.1, -0.05) is 17.4 Å². The van der Waals surface area contributed by atoms with E-state index in [2.05, 4.69) is 15.0 Å². The molecule has 0 aliphatic carbocycles. The maximum atomic E-state index is 13.0. The Morgan fingerprint density at radius 1 is 1.09 bits per heavy atom. The zero-order valence-corrected chi connectivity index (χ0v) is 19.7. The average molecular weight is 529 g/mol. The predicted molar refractivity (Wildman–Crippen MR) is 112 cm³/mol. The van der Waals surface area contributed by atoms with Gasteiger partial charge < -0.3 is 4.74 Å². The first-order valence-corrected chi connectivity index (χ1v) is 13.0.